The first-order valence-electron chi connectivity index (χ1n) is 6.22. The molecule has 1 aromatic carbocycles. The molecule has 0 aliphatic rings. The van der Waals surface area contributed by atoms with Gasteiger partial charge in [0.25, 0.3) is 0 Å². The van der Waals surface area contributed by atoms with Crippen molar-refractivity contribution in [3.05, 3.63) is 34.1 Å². The zero-order valence-electron chi connectivity index (χ0n) is 11.3. The lowest BCUT2D eigenvalue weighted by Gasteiger charge is -2.26. The number of esters is 1. The topological polar surface area (TPSA) is 63.6 Å². The number of hydrogen-bond donors (Lipinski definition) is 1. The molecule has 1 N–H and O–H groups in total. The van der Waals surface area contributed by atoms with Gasteiger partial charge in [0, 0.05) is 10.9 Å². The van der Waals surface area contributed by atoms with Gasteiger partial charge in [0.15, 0.2) is 5.41 Å². The first kappa shape index (κ1) is 16.6. The molecular formula is C14H16BrFO4. The number of carbonyl (C=O) groups excluding carboxylic acids is 1. The molecule has 1 aromatic rings. The molecule has 20 heavy (non-hydrogen) atoms. The zero-order valence-corrected chi connectivity index (χ0v) is 12.9. The van der Waals surface area contributed by atoms with Crippen LogP contribution in [0.25, 0.3) is 0 Å². The average Bonchev–Trinajstić information content (AvgIpc) is 2.39. The van der Waals surface area contributed by atoms with E-state index in [0.29, 0.717) is 4.47 Å². The zero-order chi connectivity index (χ0) is 15.3. The van der Waals surface area contributed by atoms with Crippen LogP contribution in [0, 0.1) is 11.2 Å². The first-order valence-corrected chi connectivity index (χ1v) is 7.01. The Balaban J connectivity index is 3.22. The lowest BCUT2D eigenvalue weighted by atomic mass is 9.79. The summed E-state index contributed by atoms with van der Waals surface area (Å²) in [6, 6.07) is 4.21. The third kappa shape index (κ3) is 3.36. The van der Waals surface area contributed by atoms with Crippen LogP contribution in [0.3, 0.4) is 0 Å². The maximum atomic E-state index is 13.8. The number of carbonyl (C=O) groups is 2. The number of halogens is 2. The van der Waals surface area contributed by atoms with Gasteiger partial charge in [-0.3, -0.25) is 9.59 Å². The van der Waals surface area contributed by atoms with E-state index in [9.17, 15) is 19.1 Å². The van der Waals surface area contributed by atoms with Crippen molar-refractivity contribution in [2.45, 2.75) is 26.7 Å². The molecule has 0 aliphatic heterocycles. The highest BCUT2D eigenvalue weighted by molar-refractivity contribution is 9.10. The molecule has 1 rings (SSSR count). The van der Waals surface area contributed by atoms with E-state index in [2.05, 4.69) is 15.9 Å². The van der Waals surface area contributed by atoms with E-state index in [1.807, 2.05) is 0 Å². The third-order valence-corrected chi connectivity index (χ3v) is 3.67. The van der Waals surface area contributed by atoms with Gasteiger partial charge < -0.3 is 9.84 Å². The summed E-state index contributed by atoms with van der Waals surface area (Å²) in [6.07, 6.45) is -0.226. The Morgan fingerprint density at radius 2 is 2.05 bits per heavy atom. The molecule has 4 nitrogen and oxygen atoms in total. The second kappa shape index (κ2) is 6.83. The van der Waals surface area contributed by atoms with Crippen LogP contribution in [0.2, 0.25) is 0 Å². The van der Waals surface area contributed by atoms with E-state index in [4.69, 9.17) is 4.74 Å². The van der Waals surface area contributed by atoms with Crippen LogP contribution < -0.4 is 0 Å². The minimum absolute atomic E-state index is 0.0210. The standard InChI is InChI=1S/C14H16BrFO4/c1-3-14(12(17)18,13(19)20-4-2)8-9-7-10(15)5-6-11(9)16/h5-7H,3-4,8H2,1-2H3,(H,17,18). The summed E-state index contributed by atoms with van der Waals surface area (Å²) in [4.78, 5) is 23.5. The number of hydrogen-bond acceptors (Lipinski definition) is 3. The molecular weight excluding hydrogens is 331 g/mol. The molecule has 0 radical (unpaired) electrons. The molecule has 0 spiro atoms. The summed E-state index contributed by atoms with van der Waals surface area (Å²) < 4.78 is 19.2. The van der Waals surface area contributed by atoms with Crippen molar-refractivity contribution in [3.8, 4) is 0 Å². The van der Waals surface area contributed by atoms with Crippen molar-refractivity contribution in [1.29, 1.82) is 0 Å². The Morgan fingerprint density at radius 3 is 2.55 bits per heavy atom. The first-order chi connectivity index (χ1) is 9.37. The number of benzene rings is 1. The second-order valence-corrected chi connectivity index (χ2v) is 5.29. The Labute approximate surface area is 125 Å². The van der Waals surface area contributed by atoms with Crippen LogP contribution in [0.4, 0.5) is 4.39 Å². The van der Waals surface area contributed by atoms with Gasteiger partial charge in [0.1, 0.15) is 5.82 Å². The van der Waals surface area contributed by atoms with Crippen LogP contribution in [0.15, 0.2) is 22.7 Å². The fourth-order valence-corrected chi connectivity index (χ4v) is 2.34. The van der Waals surface area contributed by atoms with Gasteiger partial charge in [-0.2, -0.15) is 0 Å². The summed E-state index contributed by atoms with van der Waals surface area (Å²) in [6.45, 7) is 3.25. The van der Waals surface area contributed by atoms with Gasteiger partial charge in [-0.15, -0.1) is 0 Å². The Bertz CT molecular complexity index is 518. The van der Waals surface area contributed by atoms with Crippen molar-refractivity contribution < 1.29 is 23.8 Å². The summed E-state index contributed by atoms with van der Waals surface area (Å²) in [5.74, 6) is -2.69. The van der Waals surface area contributed by atoms with Crippen molar-refractivity contribution in [2.24, 2.45) is 5.41 Å². The average molecular weight is 347 g/mol. The molecule has 0 bridgehead atoms. The monoisotopic (exact) mass is 346 g/mol. The van der Waals surface area contributed by atoms with Gasteiger partial charge in [0.2, 0.25) is 0 Å². The molecule has 1 unspecified atom stereocenters. The fourth-order valence-electron chi connectivity index (χ4n) is 1.93. The van der Waals surface area contributed by atoms with Crippen LogP contribution in [-0.2, 0) is 20.7 Å². The van der Waals surface area contributed by atoms with E-state index >= 15 is 0 Å². The molecule has 0 fully saturated rings. The summed E-state index contributed by atoms with van der Waals surface area (Å²) in [7, 11) is 0. The van der Waals surface area contributed by atoms with Gasteiger partial charge in [-0.05, 0) is 37.1 Å². The summed E-state index contributed by atoms with van der Waals surface area (Å²) in [5.41, 5.74) is -1.60. The van der Waals surface area contributed by atoms with E-state index in [-0.39, 0.29) is 25.0 Å². The van der Waals surface area contributed by atoms with E-state index in [0.717, 1.165) is 0 Å². The van der Waals surface area contributed by atoms with Gasteiger partial charge in [0.05, 0.1) is 6.61 Å². The van der Waals surface area contributed by atoms with Crippen LogP contribution in [-0.4, -0.2) is 23.7 Å². The molecule has 1 atom stereocenters. The predicted octanol–water partition coefficient (Wildman–Crippen LogP) is 3.17. The number of rotatable bonds is 6. The van der Waals surface area contributed by atoms with Crippen molar-refractivity contribution in [2.75, 3.05) is 6.61 Å². The number of ether oxygens (including phenoxy) is 1. The molecule has 6 heteroatoms. The van der Waals surface area contributed by atoms with Gasteiger partial charge in [-0.1, -0.05) is 22.9 Å². The molecule has 0 aromatic heterocycles. The normalized spacial score (nSPS) is 13.6. The number of carboxylic acids is 1. The van der Waals surface area contributed by atoms with Crippen molar-refractivity contribution in [1.82, 2.24) is 0 Å². The molecule has 0 heterocycles. The molecule has 0 saturated carbocycles. The SMILES string of the molecule is CCOC(=O)C(CC)(Cc1cc(Br)ccc1F)C(=O)O. The highest BCUT2D eigenvalue weighted by Crippen LogP contribution is 2.31. The lowest BCUT2D eigenvalue weighted by Crippen LogP contribution is -2.42. The molecule has 0 amide bonds. The second-order valence-electron chi connectivity index (χ2n) is 4.37. The molecule has 110 valence electrons. The Morgan fingerprint density at radius 1 is 1.40 bits per heavy atom. The molecule has 0 saturated heterocycles. The highest BCUT2D eigenvalue weighted by atomic mass is 79.9. The van der Waals surface area contributed by atoms with Crippen molar-refractivity contribution >= 4 is 27.9 Å². The van der Waals surface area contributed by atoms with E-state index < -0.39 is 23.2 Å². The van der Waals surface area contributed by atoms with Crippen LogP contribution >= 0.6 is 15.9 Å². The van der Waals surface area contributed by atoms with E-state index in [1.54, 1.807) is 13.8 Å². The maximum Gasteiger partial charge on any atom is 0.323 e. The fraction of sp³-hybridized carbons (Fsp3) is 0.429. The predicted molar refractivity (Wildman–Crippen MR) is 74.8 cm³/mol. The van der Waals surface area contributed by atoms with Crippen LogP contribution in [0.1, 0.15) is 25.8 Å². The highest BCUT2D eigenvalue weighted by Gasteiger charge is 2.46. The van der Waals surface area contributed by atoms with Gasteiger partial charge >= 0.3 is 11.9 Å². The maximum absolute atomic E-state index is 13.8. The summed E-state index contributed by atoms with van der Waals surface area (Å²) in [5, 5.41) is 9.41. The van der Waals surface area contributed by atoms with Crippen LogP contribution in [0.5, 0.6) is 0 Å². The largest absolute Gasteiger partial charge is 0.480 e. The number of carboxylic acid groups (broad SMARTS) is 1. The minimum Gasteiger partial charge on any atom is -0.480 e. The Kier molecular flexibility index (Phi) is 5.68. The Hall–Kier alpha value is -1.43. The summed E-state index contributed by atoms with van der Waals surface area (Å²) >= 11 is 3.20. The van der Waals surface area contributed by atoms with Crippen molar-refractivity contribution in [3.63, 3.8) is 0 Å². The smallest absolute Gasteiger partial charge is 0.323 e. The lowest BCUT2D eigenvalue weighted by molar-refractivity contribution is -0.168. The molecule has 0 aliphatic carbocycles. The number of aliphatic carboxylic acids is 1. The quantitative estimate of drug-likeness (QED) is 0.634. The minimum atomic E-state index is -1.77. The van der Waals surface area contributed by atoms with Gasteiger partial charge in [-0.25, -0.2) is 4.39 Å². The third-order valence-electron chi connectivity index (χ3n) is 3.18. The van der Waals surface area contributed by atoms with E-state index in [1.165, 1.54) is 18.2 Å².